The Bertz CT molecular complexity index is 516. The Morgan fingerprint density at radius 1 is 1.50 bits per heavy atom. The lowest BCUT2D eigenvalue weighted by atomic mass is 9.90. The predicted octanol–water partition coefficient (Wildman–Crippen LogP) is 3.39. The summed E-state index contributed by atoms with van der Waals surface area (Å²) in [5.41, 5.74) is 1.98. The Balaban J connectivity index is 1.90. The fraction of sp³-hybridized carbons (Fsp3) is 0.714. The van der Waals surface area contributed by atoms with Gasteiger partial charge in [-0.3, -0.25) is 4.90 Å². The van der Waals surface area contributed by atoms with Crippen molar-refractivity contribution in [2.24, 2.45) is 5.92 Å². The molecule has 0 saturated carbocycles. The zero-order chi connectivity index (χ0) is 14.1. The second kappa shape index (κ2) is 6.00. The number of piperidine rings is 1. The molecule has 3 rings (SSSR count). The van der Waals surface area contributed by atoms with Crippen LogP contribution in [0.15, 0.2) is 5.03 Å². The molecule has 0 aromatic carbocycles. The standard InChI is InChI=1S/C14H20ClN3OS/c1-3-9(2)19-14-13(16-20-17-14)11-8-18-6-4-5-10(7-18)12(11)15/h9-10H,3-8H2,1-2H3. The number of aromatic nitrogens is 2. The van der Waals surface area contributed by atoms with Crippen molar-refractivity contribution in [2.75, 3.05) is 19.6 Å². The van der Waals surface area contributed by atoms with Gasteiger partial charge in [0, 0.05) is 29.6 Å². The van der Waals surface area contributed by atoms with Crippen LogP contribution in [0.5, 0.6) is 5.88 Å². The van der Waals surface area contributed by atoms with E-state index in [9.17, 15) is 0 Å². The SMILES string of the molecule is CCC(C)Oc1nsnc1C1=C(Cl)C2CCCN(C1)C2. The first-order chi connectivity index (χ1) is 9.69. The number of hydrogen-bond acceptors (Lipinski definition) is 5. The van der Waals surface area contributed by atoms with Gasteiger partial charge in [-0.25, -0.2) is 0 Å². The lowest BCUT2D eigenvalue weighted by molar-refractivity contribution is 0.200. The number of rotatable bonds is 4. The summed E-state index contributed by atoms with van der Waals surface area (Å²) in [5.74, 6) is 1.12. The van der Waals surface area contributed by atoms with Crippen LogP contribution in [0.25, 0.3) is 5.57 Å². The molecular formula is C14H20ClN3OS. The molecule has 20 heavy (non-hydrogen) atoms. The van der Waals surface area contributed by atoms with Crippen LogP contribution in [0.2, 0.25) is 0 Å². The van der Waals surface area contributed by atoms with Gasteiger partial charge in [-0.2, -0.15) is 4.37 Å². The largest absolute Gasteiger partial charge is 0.472 e. The van der Waals surface area contributed by atoms with Gasteiger partial charge in [-0.05, 0) is 32.7 Å². The fourth-order valence-corrected chi connectivity index (χ4v) is 3.70. The van der Waals surface area contributed by atoms with Gasteiger partial charge in [0.1, 0.15) is 5.69 Å². The molecule has 1 aromatic heterocycles. The molecule has 0 spiro atoms. The first kappa shape index (κ1) is 14.3. The first-order valence-electron chi connectivity index (χ1n) is 7.29. The average molecular weight is 314 g/mol. The number of nitrogens with zero attached hydrogens (tertiary/aromatic N) is 3. The van der Waals surface area contributed by atoms with Crippen LogP contribution in [0.4, 0.5) is 0 Å². The van der Waals surface area contributed by atoms with E-state index in [4.69, 9.17) is 16.3 Å². The molecule has 1 aromatic rings. The lowest BCUT2D eigenvalue weighted by Crippen LogP contribution is -2.40. The minimum atomic E-state index is 0.153. The highest BCUT2D eigenvalue weighted by molar-refractivity contribution is 6.99. The highest BCUT2D eigenvalue weighted by Gasteiger charge is 2.32. The Labute approximate surface area is 129 Å². The molecule has 0 aliphatic carbocycles. The Morgan fingerprint density at radius 3 is 3.15 bits per heavy atom. The van der Waals surface area contributed by atoms with Crippen LogP contribution in [0.3, 0.4) is 0 Å². The van der Waals surface area contributed by atoms with E-state index in [0.717, 1.165) is 42.4 Å². The van der Waals surface area contributed by atoms with E-state index in [2.05, 4.69) is 27.5 Å². The van der Waals surface area contributed by atoms with Crippen LogP contribution in [0.1, 0.15) is 38.8 Å². The van der Waals surface area contributed by atoms with Gasteiger partial charge in [0.25, 0.3) is 5.88 Å². The fourth-order valence-electron chi connectivity index (χ4n) is 2.86. The number of fused-ring (bicyclic) bond motifs is 2. The minimum absolute atomic E-state index is 0.153. The van der Waals surface area contributed by atoms with Crippen LogP contribution in [-0.2, 0) is 0 Å². The third kappa shape index (κ3) is 2.71. The Hall–Kier alpha value is -0.650. The van der Waals surface area contributed by atoms with E-state index >= 15 is 0 Å². The van der Waals surface area contributed by atoms with Crippen LogP contribution < -0.4 is 4.74 Å². The number of halogens is 1. The van der Waals surface area contributed by atoms with Crippen molar-refractivity contribution in [3.05, 3.63) is 10.7 Å². The molecule has 3 atom stereocenters. The average Bonchev–Trinajstić information content (AvgIpc) is 2.91. The van der Waals surface area contributed by atoms with Crippen LogP contribution in [0, 0.1) is 5.92 Å². The molecule has 3 heterocycles. The molecule has 4 nitrogen and oxygen atoms in total. The maximum atomic E-state index is 6.62. The molecule has 2 aliphatic rings. The van der Waals surface area contributed by atoms with Crippen molar-refractivity contribution >= 4 is 28.9 Å². The van der Waals surface area contributed by atoms with Crippen molar-refractivity contribution in [3.63, 3.8) is 0 Å². The summed E-state index contributed by atoms with van der Waals surface area (Å²) in [5, 5.41) is 0.975. The van der Waals surface area contributed by atoms with Crippen molar-refractivity contribution < 1.29 is 4.74 Å². The van der Waals surface area contributed by atoms with Gasteiger partial charge < -0.3 is 4.74 Å². The van der Waals surface area contributed by atoms with E-state index in [1.165, 1.54) is 24.6 Å². The quantitative estimate of drug-likeness (QED) is 0.854. The molecule has 2 bridgehead atoms. The van der Waals surface area contributed by atoms with Gasteiger partial charge in [0.05, 0.1) is 17.8 Å². The summed E-state index contributed by atoms with van der Waals surface area (Å²) in [7, 11) is 0. The Morgan fingerprint density at radius 2 is 2.35 bits per heavy atom. The summed E-state index contributed by atoms with van der Waals surface area (Å²) in [4.78, 5) is 2.46. The second-order valence-electron chi connectivity index (χ2n) is 5.66. The zero-order valence-electron chi connectivity index (χ0n) is 11.9. The highest BCUT2D eigenvalue weighted by atomic mass is 35.5. The summed E-state index contributed by atoms with van der Waals surface area (Å²) in [6, 6.07) is 0. The van der Waals surface area contributed by atoms with Crippen LogP contribution in [-0.4, -0.2) is 39.4 Å². The van der Waals surface area contributed by atoms with E-state index in [-0.39, 0.29) is 6.10 Å². The molecule has 1 saturated heterocycles. The van der Waals surface area contributed by atoms with Crippen molar-refractivity contribution in [2.45, 2.75) is 39.2 Å². The van der Waals surface area contributed by atoms with E-state index in [0.29, 0.717) is 11.8 Å². The predicted molar refractivity (Wildman–Crippen MR) is 82.2 cm³/mol. The highest BCUT2D eigenvalue weighted by Crippen LogP contribution is 2.39. The summed E-state index contributed by atoms with van der Waals surface area (Å²) in [6.45, 7) is 7.27. The molecule has 0 radical (unpaired) electrons. The number of ether oxygens (including phenoxy) is 1. The molecular weight excluding hydrogens is 294 g/mol. The van der Waals surface area contributed by atoms with Gasteiger partial charge in [-0.1, -0.05) is 18.5 Å². The summed E-state index contributed by atoms with van der Waals surface area (Å²) < 4.78 is 14.6. The van der Waals surface area contributed by atoms with Crippen molar-refractivity contribution in [1.82, 2.24) is 13.6 Å². The number of hydrogen-bond donors (Lipinski definition) is 0. The van der Waals surface area contributed by atoms with Crippen molar-refractivity contribution in [3.8, 4) is 5.88 Å². The normalized spacial score (nSPS) is 27.6. The first-order valence-corrected chi connectivity index (χ1v) is 8.40. The van der Waals surface area contributed by atoms with E-state index in [1.807, 2.05) is 0 Å². The topological polar surface area (TPSA) is 38.3 Å². The molecule has 1 fully saturated rings. The molecule has 6 heteroatoms. The van der Waals surface area contributed by atoms with E-state index < -0.39 is 0 Å². The van der Waals surface area contributed by atoms with Crippen LogP contribution >= 0.6 is 23.3 Å². The minimum Gasteiger partial charge on any atom is -0.472 e. The van der Waals surface area contributed by atoms with Crippen molar-refractivity contribution in [1.29, 1.82) is 0 Å². The maximum Gasteiger partial charge on any atom is 0.253 e. The lowest BCUT2D eigenvalue weighted by Gasteiger charge is -2.38. The maximum absolute atomic E-state index is 6.62. The monoisotopic (exact) mass is 313 g/mol. The third-order valence-corrected chi connectivity index (χ3v) is 5.21. The van der Waals surface area contributed by atoms with Gasteiger partial charge >= 0.3 is 0 Å². The van der Waals surface area contributed by atoms with Gasteiger partial charge in [0.15, 0.2) is 0 Å². The molecule has 0 N–H and O–H groups in total. The summed E-state index contributed by atoms with van der Waals surface area (Å²) >= 11 is 7.82. The Kier molecular flexibility index (Phi) is 4.29. The molecule has 0 amide bonds. The molecule has 3 unspecified atom stereocenters. The van der Waals surface area contributed by atoms with Gasteiger partial charge in [0.2, 0.25) is 0 Å². The smallest absolute Gasteiger partial charge is 0.253 e. The zero-order valence-corrected chi connectivity index (χ0v) is 13.5. The third-order valence-electron chi connectivity index (χ3n) is 4.17. The summed E-state index contributed by atoms with van der Waals surface area (Å²) in [6.07, 6.45) is 3.52. The van der Waals surface area contributed by atoms with Gasteiger partial charge in [-0.15, -0.1) is 4.37 Å². The molecule has 110 valence electrons. The van der Waals surface area contributed by atoms with E-state index in [1.54, 1.807) is 0 Å². The molecule has 2 aliphatic heterocycles. The second-order valence-corrected chi connectivity index (χ2v) is 6.59.